The Morgan fingerprint density at radius 3 is 2.58 bits per heavy atom. The topological polar surface area (TPSA) is 73.1 Å². The third-order valence-corrected chi connectivity index (χ3v) is 2.44. The van der Waals surface area contributed by atoms with Gasteiger partial charge < -0.3 is 15.8 Å². The summed E-state index contributed by atoms with van der Waals surface area (Å²) in [6.45, 7) is 1.48. The van der Waals surface area contributed by atoms with E-state index < -0.39 is 11.6 Å². The van der Waals surface area contributed by atoms with E-state index in [2.05, 4.69) is 15.3 Å². The van der Waals surface area contributed by atoms with Crippen LogP contribution in [0.3, 0.4) is 0 Å². The summed E-state index contributed by atoms with van der Waals surface area (Å²) >= 11 is 0. The van der Waals surface area contributed by atoms with Gasteiger partial charge in [0, 0.05) is 12.1 Å². The summed E-state index contributed by atoms with van der Waals surface area (Å²) in [4.78, 5) is 7.64. The molecule has 0 aliphatic heterocycles. The molecule has 19 heavy (non-hydrogen) atoms. The second-order valence-corrected chi connectivity index (χ2v) is 3.86. The molecule has 1 aromatic carbocycles. The monoisotopic (exact) mass is 266 g/mol. The predicted octanol–water partition coefficient (Wildman–Crippen LogP) is 2.40. The number of aryl methyl sites for hydroxylation is 1. The molecule has 5 nitrogen and oxygen atoms in total. The molecule has 0 fully saturated rings. The molecule has 2 aromatic rings. The number of benzene rings is 1. The fraction of sp³-hybridized carbons (Fsp3) is 0.167. The van der Waals surface area contributed by atoms with Gasteiger partial charge in [0.15, 0.2) is 0 Å². The highest BCUT2D eigenvalue weighted by Crippen LogP contribution is 2.23. The lowest BCUT2D eigenvalue weighted by molar-refractivity contribution is 0.398. The minimum atomic E-state index is -0.588. The molecule has 0 saturated heterocycles. The van der Waals surface area contributed by atoms with Crippen molar-refractivity contribution in [3.8, 4) is 5.88 Å². The molecule has 0 aliphatic carbocycles. The Kier molecular flexibility index (Phi) is 3.46. The van der Waals surface area contributed by atoms with Gasteiger partial charge in [-0.3, -0.25) is 0 Å². The normalized spacial score (nSPS) is 10.3. The largest absolute Gasteiger partial charge is 0.481 e. The van der Waals surface area contributed by atoms with Crippen LogP contribution < -0.4 is 15.8 Å². The molecule has 7 heteroatoms. The molecule has 100 valence electrons. The Hall–Kier alpha value is -2.44. The molecule has 0 bridgehead atoms. The molecule has 1 aromatic heterocycles. The number of aromatic nitrogens is 2. The summed E-state index contributed by atoms with van der Waals surface area (Å²) in [5.41, 5.74) is 5.66. The minimum absolute atomic E-state index is 0.0326. The SMILES string of the molecule is COc1cc(Nc2cc(F)c(C)cc2F)nc(N)n1. The van der Waals surface area contributed by atoms with Gasteiger partial charge in [-0.2, -0.15) is 9.97 Å². The van der Waals surface area contributed by atoms with Crippen LogP contribution in [-0.2, 0) is 0 Å². The van der Waals surface area contributed by atoms with Gasteiger partial charge in [-0.15, -0.1) is 0 Å². The molecule has 2 rings (SSSR count). The Morgan fingerprint density at radius 1 is 1.16 bits per heavy atom. The first-order chi connectivity index (χ1) is 8.99. The molecule has 0 unspecified atom stereocenters. The maximum Gasteiger partial charge on any atom is 0.225 e. The van der Waals surface area contributed by atoms with Crippen molar-refractivity contribution in [1.82, 2.24) is 9.97 Å². The highest BCUT2D eigenvalue weighted by molar-refractivity contribution is 5.59. The van der Waals surface area contributed by atoms with Crippen LogP contribution in [0.25, 0.3) is 0 Å². The molecule has 0 spiro atoms. The van der Waals surface area contributed by atoms with Crippen LogP contribution in [0.15, 0.2) is 18.2 Å². The van der Waals surface area contributed by atoms with Crippen molar-refractivity contribution in [2.45, 2.75) is 6.92 Å². The van der Waals surface area contributed by atoms with E-state index in [0.717, 1.165) is 12.1 Å². The molecule has 1 heterocycles. The number of halogens is 2. The zero-order valence-corrected chi connectivity index (χ0v) is 10.4. The molecule has 0 atom stereocenters. The lowest BCUT2D eigenvalue weighted by Gasteiger charge is -2.09. The summed E-state index contributed by atoms with van der Waals surface area (Å²) < 4.78 is 32.0. The van der Waals surface area contributed by atoms with E-state index in [1.807, 2.05) is 0 Å². The van der Waals surface area contributed by atoms with Gasteiger partial charge in [-0.1, -0.05) is 0 Å². The van der Waals surface area contributed by atoms with Crippen LogP contribution in [-0.4, -0.2) is 17.1 Å². The Balaban J connectivity index is 2.36. The number of methoxy groups -OCH3 is 1. The Bertz CT molecular complexity index is 619. The third-order valence-electron chi connectivity index (χ3n) is 2.44. The standard InChI is InChI=1S/C12H12F2N4O/c1-6-3-8(14)9(4-7(6)13)16-10-5-11(19-2)18-12(15)17-10/h3-5H,1-2H3,(H3,15,16,17,18). The molecule has 3 N–H and O–H groups in total. The third kappa shape index (κ3) is 2.87. The number of nitrogen functional groups attached to an aromatic ring is 1. The van der Waals surface area contributed by atoms with E-state index in [1.54, 1.807) is 0 Å². The zero-order valence-electron chi connectivity index (χ0n) is 10.4. The van der Waals surface area contributed by atoms with E-state index in [9.17, 15) is 8.78 Å². The van der Waals surface area contributed by atoms with Gasteiger partial charge in [-0.25, -0.2) is 8.78 Å². The highest BCUT2D eigenvalue weighted by Gasteiger charge is 2.09. The fourth-order valence-corrected chi connectivity index (χ4v) is 1.49. The van der Waals surface area contributed by atoms with E-state index in [1.165, 1.54) is 20.1 Å². The summed E-state index contributed by atoms with van der Waals surface area (Å²) in [5.74, 6) is -0.697. The van der Waals surface area contributed by atoms with Crippen molar-refractivity contribution in [3.63, 3.8) is 0 Å². The lowest BCUT2D eigenvalue weighted by atomic mass is 10.2. The van der Waals surface area contributed by atoms with E-state index in [-0.39, 0.29) is 28.9 Å². The molecule has 0 amide bonds. The first-order valence-corrected chi connectivity index (χ1v) is 5.41. The number of ether oxygens (including phenoxy) is 1. The predicted molar refractivity (Wildman–Crippen MR) is 67.4 cm³/mol. The number of nitrogens with zero attached hydrogens (tertiary/aromatic N) is 2. The summed E-state index contributed by atoms with van der Waals surface area (Å²) in [7, 11) is 1.41. The van der Waals surface area contributed by atoms with Crippen LogP contribution >= 0.6 is 0 Å². The average Bonchev–Trinajstić information content (AvgIpc) is 2.35. The molecule has 0 radical (unpaired) electrons. The molecular formula is C12H12F2N4O. The van der Waals surface area contributed by atoms with E-state index >= 15 is 0 Å². The maximum absolute atomic E-state index is 13.7. The summed E-state index contributed by atoms with van der Waals surface area (Å²) in [6.07, 6.45) is 0. The van der Waals surface area contributed by atoms with Crippen molar-refractivity contribution in [2.75, 3.05) is 18.2 Å². The summed E-state index contributed by atoms with van der Waals surface area (Å²) in [5, 5.41) is 2.63. The number of hydrogen-bond acceptors (Lipinski definition) is 5. The van der Waals surface area contributed by atoms with Crippen molar-refractivity contribution < 1.29 is 13.5 Å². The van der Waals surface area contributed by atoms with E-state index in [4.69, 9.17) is 10.5 Å². The first-order valence-electron chi connectivity index (χ1n) is 5.41. The van der Waals surface area contributed by atoms with Gasteiger partial charge in [0.25, 0.3) is 0 Å². The van der Waals surface area contributed by atoms with Crippen molar-refractivity contribution in [1.29, 1.82) is 0 Å². The lowest BCUT2D eigenvalue weighted by Crippen LogP contribution is -2.03. The quantitative estimate of drug-likeness (QED) is 0.892. The van der Waals surface area contributed by atoms with Gasteiger partial charge >= 0.3 is 0 Å². The Morgan fingerprint density at radius 2 is 1.89 bits per heavy atom. The van der Waals surface area contributed by atoms with Crippen molar-refractivity contribution in [3.05, 3.63) is 35.4 Å². The van der Waals surface area contributed by atoms with Gasteiger partial charge in [0.1, 0.15) is 17.5 Å². The number of nitrogens with one attached hydrogen (secondary N) is 1. The van der Waals surface area contributed by atoms with Gasteiger partial charge in [-0.05, 0) is 18.6 Å². The van der Waals surface area contributed by atoms with Crippen molar-refractivity contribution in [2.24, 2.45) is 0 Å². The Labute approximate surface area is 108 Å². The van der Waals surface area contributed by atoms with Crippen LogP contribution in [0.2, 0.25) is 0 Å². The van der Waals surface area contributed by atoms with Crippen LogP contribution in [0.4, 0.5) is 26.2 Å². The number of rotatable bonds is 3. The van der Waals surface area contributed by atoms with Crippen LogP contribution in [0, 0.1) is 18.6 Å². The van der Waals surface area contributed by atoms with Crippen LogP contribution in [0.1, 0.15) is 5.56 Å². The number of hydrogen-bond donors (Lipinski definition) is 2. The van der Waals surface area contributed by atoms with Gasteiger partial charge in [0.05, 0.1) is 12.8 Å². The minimum Gasteiger partial charge on any atom is -0.481 e. The highest BCUT2D eigenvalue weighted by atomic mass is 19.1. The number of anilines is 3. The molecular weight excluding hydrogens is 254 g/mol. The second-order valence-electron chi connectivity index (χ2n) is 3.86. The number of nitrogens with two attached hydrogens (primary N) is 1. The fourth-order valence-electron chi connectivity index (χ4n) is 1.49. The first kappa shape index (κ1) is 13.0. The molecule has 0 saturated carbocycles. The zero-order chi connectivity index (χ0) is 14.0. The van der Waals surface area contributed by atoms with Crippen molar-refractivity contribution >= 4 is 17.5 Å². The average molecular weight is 266 g/mol. The van der Waals surface area contributed by atoms with Gasteiger partial charge in [0.2, 0.25) is 11.8 Å². The molecule has 0 aliphatic rings. The smallest absolute Gasteiger partial charge is 0.225 e. The second kappa shape index (κ2) is 5.05. The summed E-state index contributed by atoms with van der Waals surface area (Å²) in [6, 6.07) is 3.57. The van der Waals surface area contributed by atoms with Crippen LogP contribution in [0.5, 0.6) is 5.88 Å². The van der Waals surface area contributed by atoms with E-state index in [0.29, 0.717) is 0 Å². The maximum atomic E-state index is 13.7.